The van der Waals surface area contributed by atoms with Crippen LogP contribution in [0.5, 0.6) is 11.5 Å². The van der Waals surface area contributed by atoms with E-state index in [9.17, 15) is 4.39 Å². The van der Waals surface area contributed by atoms with Gasteiger partial charge in [0.05, 0.1) is 10.7 Å². The Bertz CT molecular complexity index is 665. The zero-order chi connectivity index (χ0) is 15.9. The number of rotatable bonds is 6. The van der Waals surface area contributed by atoms with Gasteiger partial charge >= 0.3 is 0 Å². The molecule has 0 aromatic heterocycles. The Kier molecular flexibility index (Phi) is 6.03. The zero-order valence-electron chi connectivity index (χ0n) is 11.3. The van der Waals surface area contributed by atoms with Crippen molar-refractivity contribution >= 4 is 33.7 Å². The molecule has 0 aliphatic rings. The molecule has 4 nitrogen and oxygen atoms in total. The molecule has 2 rings (SSSR count). The number of halogens is 3. The average molecular weight is 389 g/mol. The van der Waals surface area contributed by atoms with Crippen LogP contribution < -0.4 is 9.47 Å². The fourth-order valence-corrected chi connectivity index (χ4v) is 2.67. The molecule has 0 atom stereocenters. The van der Waals surface area contributed by atoms with E-state index in [0.29, 0.717) is 26.6 Å². The van der Waals surface area contributed by atoms with Gasteiger partial charge in [-0.3, -0.25) is 0 Å². The predicted octanol–water partition coefficient (Wildman–Crippen LogP) is 4.51. The molecule has 0 saturated heterocycles. The molecule has 0 amide bonds. The van der Waals surface area contributed by atoms with Gasteiger partial charge in [-0.25, -0.2) is 4.39 Å². The number of nitrogens with zero attached hydrogens (tertiary/aromatic N) is 1. The lowest BCUT2D eigenvalue weighted by Crippen LogP contribution is -2.10. The SMILES string of the molecule is ON=Cc1cc(Cl)cc(Br)c1OCCOc1ccc(F)cc1. The highest BCUT2D eigenvalue weighted by molar-refractivity contribution is 9.10. The van der Waals surface area contributed by atoms with E-state index in [1.165, 1.54) is 30.5 Å². The molecule has 116 valence electrons. The van der Waals surface area contributed by atoms with E-state index in [2.05, 4.69) is 21.1 Å². The molecule has 1 N–H and O–H groups in total. The number of oxime groups is 1. The minimum atomic E-state index is -0.318. The summed E-state index contributed by atoms with van der Waals surface area (Å²) in [6, 6.07) is 9.01. The first-order chi connectivity index (χ1) is 10.6. The van der Waals surface area contributed by atoms with Gasteiger partial charge in [-0.1, -0.05) is 16.8 Å². The largest absolute Gasteiger partial charge is 0.490 e. The van der Waals surface area contributed by atoms with Gasteiger partial charge in [0.1, 0.15) is 30.5 Å². The third-order valence-electron chi connectivity index (χ3n) is 2.65. The van der Waals surface area contributed by atoms with Crippen molar-refractivity contribution in [2.75, 3.05) is 13.2 Å². The van der Waals surface area contributed by atoms with Crippen LogP contribution in [-0.4, -0.2) is 24.6 Å². The van der Waals surface area contributed by atoms with Crippen LogP contribution in [0, 0.1) is 5.82 Å². The molecule has 0 saturated carbocycles. The quantitative estimate of drug-likeness (QED) is 0.343. The van der Waals surface area contributed by atoms with Crippen LogP contribution in [0.3, 0.4) is 0 Å². The Hall–Kier alpha value is -1.79. The summed E-state index contributed by atoms with van der Waals surface area (Å²) < 4.78 is 24.4. The molecule has 0 spiro atoms. The van der Waals surface area contributed by atoms with Gasteiger partial charge in [-0.05, 0) is 52.3 Å². The molecule has 0 aliphatic carbocycles. The third kappa shape index (κ3) is 4.61. The Labute approximate surface area is 140 Å². The molecule has 2 aromatic rings. The van der Waals surface area contributed by atoms with Crippen molar-refractivity contribution in [1.29, 1.82) is 0 Å². The van der Waals surface area contributed by atoms with Gasteiger partial charge in [0.2, 0.25) is 0 Å². The molecule has 0 radical (unpaired) electrons. The number of benzene rings is 2. The fraction of sp³-hybridized carbons (Fsp3) is 0.133. The second-order valence-electron chi connectivity index (χ2n) is 4.20. The van der Waals surface area contributed by atoms with Gasteiger partial charge in [0, 0.05) is 10.6 Å². The highest BCUT2D eigenvalue weighted by Crippen LogP contribution is 2.31. The van der Waals surface area contributed by atoms with Gasteiger partial charge < -0.3 is 14.7 Å². The average Bonchev–Trinajstić information content (AvgIpc) is 2.47. The molecule has 0 unspecified atom stereocenters. The summed E-state index contributed by atoms with van der Waals surface area (Å²) in [5, 5.41) is 12.1. The molecule has 0 fully saturated rings. The zero-order valence-corrected chi connectivity index (χ0v) is 13.6. The summed E-state index contributed by atoms with van der Waals surface area (Å²) in [5.41, 5.74) is 0.531. The minimum Gasteiger partial charge on any atom is -0.490 e. The topological polar surface area (TPSA) is 51.1 Å². The first-order valence-corrected chi connectivity index (χ1v) is 7.45. The van der Waals surface area contributed by atoms with Crippen molar-refractivity contribution in [3.05, 3.63) is 57.3 Å². The maximum atomic E-state index is 12.8. The Morgan fingerprint density at radius 3 is 2.55 bits per heavy atom. The third-order valence-corrected chi connectivity index (χ3v) is 3.45. The van der Waals surface area contributed by atoms with E-state index in [4.69, 9.17) is 26.3 Å². The monoisotopic (exact) mass is 387 g/mol. The summed E-state index contributed by atoms with van der Waals surface area (Å²) >= 11 is 9.27. The standard InChI is InChI=1S/C15H12BrClFNO3/c16-14-8-11(17)7-10(9-19-20)15(14)22-6-5-21-13-3-1-12(18)2-4-13/h1-4,7-9,20H,5-6H2. The van der Waals surface area contributed by atoms with Crippen molar-refractivity contribution in [2.24, 2.45) is 5.16 Å². The van der Waals surface area contributed by atoms with Crippen LogP contribution in [0.25, 0.3) is 0 Å². The summed E-state index contributed by atoms with van der Waals surface area (Å²) in [6.07, 6.45) is 1.23. The van der Waals surface area contributed by atoms with Crippen molar-refractivity contribution in [3.63, 3.8) is 0 Å². The van der Waals surface area contributed by atoms with Crippen molar-refractivity contribution in [3.8, 4) is 11.5 Å². The predicted molar refractivity (Wildman–Crippen MR) is 85.9 cm³/mol. The maximum absolute atomic E-state index is 12.8. The molecular weight excluding hydrogens is 377 g/mol. The molecule has 0 aliphatic heterocycles. The Balaban J connectivity index is 1.95. The molecule has 22 heavy (non-hydrogen) atoms. The van der Waals surface area contributed by atoms with Crippen LogP contribution in [0.15, 0.2) is 46.0 Å². The van der Waals surface area contributed by atoms with Crippen molar-refractivity contribution in [2.45, 2.75) is 0 Å². The number of hydrogen-bond acceptors (Lipinski definition) is 4. The van der Waals surface area contributed by atoms with Gasteiger partial charge in [0.15, 0.2) is 0 Å². The van der Waals surface area contributed by atoms with Gasteiger partial charge in [-0.2, -0.15) is 0 Å². The molecular formula is C15H12BrClFNO3. The first kappa shape index (κ1) is 16.6. The van der Waals surface area contributed by atoms with Crippen LogP contribution in [0.4, 0.5) is 4.39 Å². The van der Waals surface area contributed by atoms with E-state index in [1.807, 2.05) is 0 Å². The van der Waals surface area contributed by atoms with E-state index >= 15 is 0 Å². The van der Waals surface area contributed by atoms with Crippen molar-refractivity contribution < 1.29 is 19.1 Å². The summed E-state index contributed by atoms with van der Waals surface area (Å²) in [4.78, 5) is 0. The Morgan fingerprint density at radius 1 is 1.18 bits per heavy atom. The lowest BCUT2D eigenvalue weighted by atomic mass is 10.2. The second-order valence-corrected chi connectivity index (χ2v) is 5.49. The van der Waals surface area contributed by atoms with Crippen LogP contribution in [0.1, 0.15) is 5.56 Å². The number of ether oxygens (including phenoxy) is 2. The normalized spacial score (nSPS) is 10.9. The number of hydrogen-bond donors (Lipinski definition) is 1. The highest BCUT2D eigenvalue weighted by atomic mass is 79.9. The van der Waals surface area contributed by atoms with Gasteiger partial charge in [-0.15, -0.1) is 0 Å². The Morgan fingerprint density at radius 2 is 1.86 bits per heavy atom. The van der Waals surface area contributed by atoms with E-state index in [1.54, 1.807) is 12.1 Å². The van der Waals surface area contributed by atoms with Crippen LogP contribution in [-0.2, 0) is 0 Å². The summed E-state index contributed by atoms with van der Waals surface area (Å²) in [5.74, 6) is 0.726. The lowest BCUT2D eigenvalue weighted by molar-refractivity contribution is 0.216. The molecule has 0 heterocycles. The summed E-state index contributed by atoms with van der Waals surface area (Å²) in [6.45, 7) is 0.528. The molecule has 7 heteroatoms. The van der Waals surface area contributed by atoms with Crippen LogP contribution >= 0.6 is 27.5 Å². The highest BCUT2D eigenvalue weighted by Gasteiger charge is 2.09. The van der Waals surface area contributed by atoms with E-state index in [-0.39, 0.29) is 19.0 Å². The first-order valence-electron chi connectivity index (χ1n) is 6.28. The fourth-order valence-electron chi connectivity index (χ4n) is 1.72. The van der Waals surface area contributed by atoms with E-state index in [0.717, 1.165) is 0 Å². The van der Waals surface area contributed by atoms with Gasteiger partial charge in [0.25, 0.3) is 0 Å². The maximum Gasteiger partial charge on any atom is 0.142 e. The minimum absolute atomic E-state index is 0.254. The second kappa shape index (κ2) is 8.00. The summed E-state index contributed by atoms with van der Waals surface area (Å²) in [7, 11) is 0. The molecule has 2 aromatic carbocycles. The lowest BCUT2D eigenvalue weighted by Gasteiger charge is -2.12. The van der Waals surface area contributed by atoms with E-state index < -0.39 is 0 Å². The smallest absolute Gasteiger partial charge is 0.142 e. The van der Waals surface area contributed by atoms with Crippen LogP contribution in [0.2, 0.25) is 5.02 Å². The van der Waals surface area contributed by atoms with Crippen molar-refractivity contribution in [1.82, 2.24) is 0 Å². The molecule has 0 bridgehead atoms.